The molecule has 0 bridgehead atoms. The third-order valence-corrected chi connectivity index (χ3v) is 4.80. The van der Waals surface area contributed by atoms with E-state index in [4.69, 9.17) is 0 Å². The molecule has 28 heavy (non-hydrogen) atoms. The van der Waals surface area contributed by atoms with Crippen molar-refractivity contribution in [1.82, 2.24) is 15.3 Å². The van der Waals surface area contributed by atoms with Crippen molar-refractivity contribution in [2.24, 2.45) is 0 Å². The zero-order chi connectivity index (χ0) is 19.5. The van der Waals surface area contributed by atoms with E-state index in [0.29, 0.717) is 6.54 Å². The summed E-state index contributed by atoms with van der Waals surface area (Å²) < 4.78 is 0. The normalized spacial score (nSPS) is 15.2. The van der Waals surface area contributed by atoms with Crippen molar-refractivity contribution in [3.8, 4) is 0 Å². The highest BCUT2D eigenvalue weighted by Crippen LogP contribution is 2.32. The van der Waals surface area contributed by atoms with Crippen LogP contribution in [0.4, 0.5) is 5.69 Å². The number of fused-ring (bicyclic) bond motifs is 1. The molecular weight excluding hydrogens is 352 g/mol. The molecule has 140 valence electrons. The third-order valence-electron chi connectivity index (χ3n) is 4.80. The number of nitrogens with one attached hydrogen (secondary N) is 1. The highest BCUT2D eigenvalue weighted by Gasteiger charge is 2.32. The fourth-order valence-corrected chi connectivity index (χ4v) is 3.45. The van der Waals surface area contributed by atoms with E-state index >= 15 is 0 Å². The Hall–Kier alpha value is -3.54. The zero-order valence-electron chi connectivity index (χ0n) is 15.5. The third kappa shape index (κ3) is 3.49. The Labute approximate surface area is 163 Å². The van der Waals surface area contributed by atoms with Gasteiger partial charge in [0.2, 0.25) is 0 Å². The van der Waals surface area contributed by atoms with Crippen molar-refractivity contribution in [1.29, 1.82) is 0 Å². The highest BCUT2D eigenvalue weighted by atomic mass is 16.2. The number of benzene rings is 1. The van der Waals surface area contributed by atoms with E-state index in [9.17, 15) is 9.59 Å². The van der Waals surface area contributed by atoms with Crippen LogP contribution in [0.2, 0.25) is 0 Å². The average Bonchev–Trinajstić information content (AvgIpc) is 3.08. The Kier molecular flexibility index (Phi) is 4.85. The molecule has 6 heteroatoms. The van der Waals surface area contributed by atoms with Crippen LogP contribution >= 0.6 is 0 Å². The monoisotopic (exact) mass is 372 g/mol. The zero-order valence-corrected chi connectivity index (χ0v) is 15.5. The summed E-state index contributed by atoms with van der Waals surface area (Å²) in [6, 6.07) is 16.6. The Bertz CT molecular complexity index is 1020. The molecule has 4 rings (SSSR count). The number of hydrogen-bond donors (Lipinski definition) is 1. The summed E-state index contributed by atoms with van der Waals surface area (Å²) in [5.41, 5.74) is 3.43. The van der Waals surface area contributed by atoms with E-state index < -0.39 is 0 Å². The van der Waals surface area contributed by atoms with Crippen LogP contribution in [0.15, 0.2) is 67.0 Å². The van der Waals surface area contributed by atoms with Gasteiger partial charge in [-0.1, -0.05) is 30.3 Å². The number of rotatable bonds is 4. The molecule has 0 saturated heterocycles. The standard InChI is InChI=1S/C22H20N4O2/c1-15-12-17-7-2-3-10-20(17)26(15)22(28)19-9-4-8-18(25-19)21(27)24-14-16-6-5-11-23-13-16/h2-11,13,15H,12,14H2,1H3,(H,24,27). The van der Waals surface area contributed by atoms with Crippen molar-refractivity contribution in [2.75, 3.05) is 4.90 Å². The topological polar surface area (TPSA) is 75.2 Å². The summed E-state index contributed by atoms with van der Waals surface area (Å²) in [6.45, 7) is 2.37. The smallest absolute Gasteiger partial charge is 0.277 e. The molecule has 1 aliphatic heterocycles. The molecule has 1 aliphatic rings. The van der Waals surface area contributed by atoms with Gasteiger partial charge in [0.05, 0.1) is 0 Å². The Balaban J connectivity index is 1.52. The van der Waals surface area contributed by atoms with Gasteiger partial charge in [0.25, 0.3) is 11.8 Å². The predicted molar refractivity (Wildman–Crippen MR) is 106 cm³/mol. The molecule has 0 fully saturated rings. The lowest BCUT2D eigenvalue weighted by Crippen LogP contribution is -2.36. The molecule has 2 amide bonds. The van der Waals surface area contributed by atoms with E-state index in [1.54, 1.807) is 35.5 Å². The van der Waals surface area contributed by atoms with E-state index in [-0.39, 0.29) is 29.2 Å². The van der Waals surface area contributed by atoms with Gasteiger partial charge in [-0.15, -0.1) is 0 Å². The molecule has 0 spiro atoms. The van der Waals surface area contributed by atoms with Crippen molar-refractivity contribution in [3.63, 3.8) is 0 Å². The summed E-state index contributed by atoms with van der Waals surface area (Å²) in [4.78, 5) is 35.7. The van der Waals surface area contributed by atoms with E-state index in [1.165, 1.54) is 0 Å². The molecule has 0 radical (unpaired) electrons. The van der Waals surface area contributed by atoms with Gasteiger partial charge >= 0.3 is 0 Å². The maximum Gasteiger partial charge on any atom is 0.277 e. The van der Waals surface area contributed by atoms with E-state index in [2.05, 4.69) is 15.3 Å². The quantitative estimate of drug-likeness (QED) is 0.764. The number of carbonyl (C=O) groups is 2. The first-order valence-corrected chi connectivity index (χ1v) is 9.19. The van der Waals surface area contributed by atoms with Crippen LogP contribution in [-0.4, -0.2) is 27.8 Å². The van der Waals surface area contributed by atoms with Crippen LogP contribution in [0.3, 0.4) is 0 Å². The maximum atomic E-state index is 13.1. The fourth-order valence-electron chi connectivity index (χ4n) is 3.45. The lowest BCUT2D eigenvalue weighted by atomic mass is 10.1. The fraction of sp³-hybridized carbons (Fsp3) is 0.182. The first kappa shape index (κ1) is 17.9. The van der Waals surface area contributed by atoms with Crippen LogP contribution in [-0.2, 0) is 13.0 Å². The van der Waals surface area contributed by atoms with Gasteiger partial charge in [0.1, 0.15) is 11.4 Å². The van der Waals surface area contributed by atoms with Crippen LogP contribution in [0.1, 0.15) is 39.0 Å². The second-order valence-electron chi connectivity index (χ2n) is 6.81. The Morgan fingerprint density at radius 3 is 2.71 bits per heavy atom. The number of anilines is 1. The lowest BCUT2D eigenvalue weighted by Gasteiger charge is -2.22. The lowest BCUT2D eigenvalue weighted by molar-refractivity contribution is 0.0945. The molecule has 3 aromatic rings. The van der Waals surface area contributed by atoms with Crippen molar-refractivity contribution in [2.45, 2.75) is 25.9 Å². The first-order valence-electron chi connectivity index (χ1n) is 9.19. The first-order chi connectivity index (χ1) is 13.6. The Morgan fingerprint density at radius 2 is 1.89 bits per heavy atom. The van der Waals surface area contributed by atoms with Gasteiger partial charge in [-0.25, -0.2) is 4.98 Å². The van der Waals surface area contributed by atoms with Crippen molar-refractivity contribution in [3.05, 3.63) is 89.5 Å². The molecular formula is C22H20N4O2. The molecule has 1 atom stereocenters. The second-order valence-corrected chi connectivity index (χ2v) is 6.81. The summed E-state index contributed by atoms with van der Waals surface area (Å²) in [6.07, 6.45) is 4.19. The number of para-hydroxylation sites is 1. The molecule has 6 nitrogen and oxygen atoms in total. The average molecular weight is 372 g/mol. The van der Waals surface area contributed by atoms with E-state index in [1.807, 2.05) is 43.3 Å². The minimum absolute atomic E-state index is 0.0507. The number of carbonyl (C=O) groups excluding carboxylic acids is 2. The number of nitrogens with zero attached hydrogens (tertiary/aromatic N) is 3. The van der Waals surface area contributed by atoms with Crippen molar-refractivity contribution >= 4 is 17.5 Å². The van der Waals surface area contributed by atoms with E-state index in [0.717, 1.165) is 23.2 Å². The Morgan fingerprint density at radius 1 is 1.07 bits per heavy atom. The number of amides is 2. The second kappa shape index (κ2) is 7.60. The molecule has 1 N–H and O–H groups in total. The van der Waals surface area contributed by atoms with Gasteiger partial charge in [-0.05, 0) is 48.7 Å². The number of pyridine rings is 2. The molecule has 3 heterocycles. The molecule has 0 aliphatic carbocycles. The minimum Gasteiger partial charge on any atom is -0.347 e. The van der Waals surface area contributed by atoms with Gasteiger partial charge in [0, 0.05) is 30.7 Å². The summed E-state index contributed by atoms with van der Waals surface area (Å²) >= 11 is 0. The highest BCUT2D eigenvalue weighted by molar-refractivity contribution is 6.07. The molecule has 0 saturated carbocycles. The van der Waals surface area contributed by atoms with Gasteiger partial charge in [-0.3, -0.25) is 14.6 Å². The maximum absolute atomic E-state index is 13.1. The van der Waals surface area contributed by atoms with Crippen LogP contribution in [0.25, 0.3) is 0 Å². The van der Waals surface area contributed by atoms with Crippen molar-refractivity contribution < 1.29 is 9.59 Å². The summed E-state index contributed by atoms with van der Waals surface area (Å²) in [5.74, 6) is -0.521. The minimum atomic E-state index is -0.326. The van der Waals surface area contributed by atoms with Crippen LogP contribution in [0.5, 0.6) is 0 Å². The number of aromatic nitrogens is 2. The number of hydrogen-bond acceptors (Lipinski definition) is 4. The summed E-state index contributed by atoms with van der Waals surface area (Å²) in [7, 11) is 0. The summed E-state index contributed by atoms with van der Waals surface area (Å²) in [5, 5.41) is 2.81. The SMILES string of the molecule is CC1Cc2ccccc2N1C(=O)c1cccc(C(=O)NCc2cccnc2)n1. The van der Waals surface area contributed by atoms with Gasteiger partial charge in [-0.2, -0.15) is 0 Å². The van der Waals surface area contributed by atoms with Crippen LogP contribution < -0.4 is 10.2 Å². The van der Waals surface area contributed by atoms with Crippen LogP contribution in [0, 0.1) is 0 Å². The largest absolute Gasteiger partial charge is 0.347 e. The molecule has 2 aromatic heterocycles. The van der Waals surface area contributed by atoms with Gasteiger partial charge < -0.3 is 10.2 Å². The molecule has 1 unspecified atom stereocenters. The predicted octanol–water partition coefficient (Wildman–Crippen LogP) is 3.00. The molecule has 1 aromatic carbocycles. The van der Waals surface area contributed by atoms with Gasteiger partial charge in [0.15, 0.2) is 0 Å².